The van der Waals surface area contributed by atoms with Crippen molar-refractivity contribution in [1.29, 1.82) is 5.41 Å². The summed E-state index contributed by atoms with van der Waals surface area (Å²) in [4.78, 5) is 15.8. The predicted molar refractivity (Wildman–Crippen MR) is 87.0 cm³/mol. The molecule has 22 heavy (non-hydrogen) atoms. The van der Waals surface area contributed by atoms with E-state index in [0.717, 1.165) is 19.6 Å². The fourth-order valence-corrected chi connectivity index (χ4v) is 2.72. The molecule has 0 radical (unpaired) electrons. The van der Waals surface area contributed by atoms with Crippen LogP contribution in [-0.4, -0.2) is 52.7 Å². The first kappa shape index (κ1) is 16.2. The molecule has 118 valence electrons. The van der Waals surface area contributed by atoms with E-state index < -0.39 is 0 Å². The zero-order valence-electron chi connectivity index (χ0n) is 13.2. The number of hydrogen-bond donors (Lipinski definition) is 2. The Labute approximate surface area is 131 Å². The number of aliphatic hydroxyl groups excluding tert-OH is 1. The number of allylic oxidation sites excluding steroid dienone is 1. The van der Waals surface area contributed by atoms with Crippen molar-refractivity contribution < 1.29 is 9.90 Å². The van der Waals surface area contributed by atoms with Crippen LogP contribution in [0.25, 0.3) is 0 Å². The van der Waals surface area contributed by atoms with Gasteiger partial charge in [-0.05, 0) is 19.4 Å². The van der Waals surface area contributed by atoms with Crippen molar-refractivity contribution in [2.24, 2.45) is 0 Å². The van der Waals surface area contributed by atoms with Gasteiger partial charge in [-0.2, -0.15) is 0 Å². The SMILES string of the molecule is CC(=O)C(C(=N)N1CCN(Cc2ccccc2)CC1)=C(C)O. The molecule has 0 unspecified atom stereocenters. The standard InChI is InChI=1S/C17H23N3O2/c1-13(21)16(14(2)22)17(18)20-10-8-19(9-11-20)12-15-6-4-3-5-7-15/h3-7,18,21H,8-12H2,1-2H3. The largest absolute Gasteiger partial charge is 0.512 e. The van der Waals surface area contributed by atoms with Gasteiger partial charge in [0.05, 0.1) is 5.57 Å². The van der Waals surface area contributed by atoms with Gasteiger partial charge in [0, 0.05) is 32.7 Å². The average molecular weight is 301 g/mol. The Bertz CT molecular complexity index is 569. The van der Waals surface area contributed by atoms with Crippen molar-refractivity contribution in [3.8, 4) is 0 Å². The number of piperazine rings is 1. The third-order valence-electron chi connectivity index (χ3n) is 3.89. The Morgan fingerprint density at radius 2 is 1.73 bits per heavy atom. The van der Waals surface area contributed by atoms with E-state index in [-0.39, 0.29) is 23.0 Å². The van der Waals surface area contributed by atoms with Crippen LogP contribution in [0.2, 0.25) is 0 Å². The molecule has 1 heterocycles. The molecule has 2 rings (SSSR count). The van der Waals surface area contributed by atoms with Crippen LogP contribution >= 0.6 is 0 Å². The van der Waals surface area contributed by atoms with E-state index in [1.165, 1.54) is 19.4 Å². The molecule has 0 saturated carbocycles. The lowest BCUT2D eigenvalue weighted by Gasteiger charge is -2.36. The minimum absolute atomic E-state index is 0.0794. The van der Waals surface area contributed by atoms with Crippen LogP contribution in [-0.2, 0) is 11.3 Å². The number of nitrogens with zero attached hydrogens (tertiary/aromatic N) is 2. The smallest absolute Gasteiger partial charge is 0.166 e. The van der Waals surface area contributed by atoms with E-state index in [0.29, 0.717) is 13.1 Å². The van der Waals surface area contributed by atoms with Crippen LogP contribution in [0.1, 0.15) is 19.4 Å². The summed E-state index contributed by atoms with van der Waals surface area (Å²) in [6.45, 7) is 6.80. The Balaban J connectivity index is 1.93. The number of carbonyl (C=O) groups is 1. The van der Waals surface area contributed by atoms with Crippen LogP contribution in [0.4, 0.5) is 0 Å². The summed E-state index contributed by atoms with van der Waals surface area (Å²) < 4.78 is 0. The molecule has 0 aromatic heterocycles. The van der Waals surface area contributed by atoms with Gasteiger partial charge in [0.15, 0.2) is 5.78 Å². The first-order valence-corrected chi connectivity index (χ1v) is 7.50. The van der Waals surface area contributed by atoms with Crippen molar-refractivity contribution in [3.05, 3.63) is 47.2 Å². The van der Waals surface area contributed by atoms with E-state index in [1.54, 1.807) is 0 Å². The molecule has 1 aliphatic rings. The maximum Gasteiger partial charge on any atom is 0.166 e. The van der Waals surface area contributed by atoms with E-state index >= 15 is 0 Å². The molecule has 1 saturated heterocycles. The van der Waals surface area contributed by atoms with Crippen molar-refractivity contribution in [2.45, 2.75) is 20.4 Å². The Morgan fingerprint density at radius 1 is 1.14 bits per heavy atom. The number of hydrogen-bond acceptors (Lipinski definition) is 4. The zero-order valence-corrected chi connectivity index (χ0v) is 13.2. The summed E-state index contributed by atoms with van der Waals surface area (Å²) in [7, 11) is 0. The van der Waals surface area contributed by atoms with Crippen molar-refractivity contribution in [2.75, 3.05) is 26.2 Å². The van der Waals surface area contributed by atoms with E-state index in [2.05, 4.69) is 17.0 Å². The third kappa shape index (κ3) is 3.95. The summed E-state index contributed by atoms with van der Waals surface area (Å²) in [6.07, 6.45) is 0. The number of amidine groups is 1. The normalized spacial score (nSPS) is 17.1. The summed E-state index contributed by atoms with van der Waals surface area (Å²) in [5, 5.41) is 17.8. The first-order chi connectivity index (χ1) is 10.5. The third-order valence-corrected chi connectivity index (χ3v) is 3.89. The summed E-state index contributed by atoms with van der Waals surface area (Å²) >= 11 is 0. The van der Waals surface area contributed by atoms with Crippen LogP contribution in [0.15, 0.2) is 41.7 Å². The highest BCUT2D eigenvalue weighted by atomic mass is 16.3. The number of Topliss-reactive ketones (excluding diaryl/α,β-unsaturated/α-hetero) is 1. The van der Waals surface area contributed by atoms with Crippen molar-refractivity contribution in [1.82, 2.24) is 9.80 Å². The summed E-state index contributed by atoms with van der Waals surface area (Å²) in [5.74, 6) is -0.215. The van der Waals surface area contributed by atoms with Gasteiger partial charge in [-0.1, -0.05) is 30.3 Å². The lowest BCUT2D eigenvalue weighted by atomic mass is 10.1. The van der Waals surface area contributed by atoms with Gasteiger partial charge in [0.2, 0.25) is 0 Å². The molecule has 1 aromatic carbocycles. The number of aliphatic hydroxyl groups is 1. The highest BCUT2D eigenvalue weighted by Crippen LogP contribution is 2.13. The second-order valence-corrected chi connectivity index (χ2v) is 5.61. The molecule has 2 N–H and O–H groups in total. The highest BCUT2D eigenvalue weighted by molar-refractivity contribution is 6.19. The number of nitrogens with one attached hydrogen (secondary N) is 1. The van der Waals surface area contributed by atoms with Gasteiger partial charge in [-0.15, -0.1) is 0 Å². The molecular weight excluding hydrogens is 278 g/mol. The lowest BCUT2D eigenvalue weighted by Crippen LogP contribution is -2.49. The minimum atomic E-state index is -0.267. The summed E-state index contributed by atoms with van der Waals surface area (Å²) in [6, 6.07) is 10.3. The Hall–Kier alpha value is -2.14. The number of ketones is 1. The molecule has 0 spiro atoms. The van der Waals surface area contributed by atoms with Crippen LogP contribution in [0, 0.1) is 5.41 Å². The van der Waals surface area contributed by atoms with Crippen LogP contribution in [0.5, 0.6) is 0 Å². The fraction of sp³-hybridized carbons (Fsp3) is 0.412. The van der Waals surface area contributed by atoms with Crippen molar-refractivity contribution >= 4 is 11.6 Å². The first-order valence-electron chi connectivity index (χ1n) is 7.50. The molecule has 5 heteroatoms. The quantitative estimate of drug-likeness (QED) is 0.387. The molecule has 1 aliphatic heterocycles. The van der Waals surface area contributed by atoms with Gasteiger partial charge in [0.25, 0.3) is 0 Å². The maximum absolute atomic E-state index is 11.6. The lowest BCUT2D eigenvalue weighted by molar-refractivity contribution is -0.113. The molecule has 1 fully saturated rings. The molecule has 0 bridgehead atoms. The maximum atomic E-state index is 11.6. The van der Waals surface area contributed by atoms with E-state index in [4.69, 9.17) is 5.41 Å². The van der Waals surface area contributed by atoms with Crippen molar-refractivity contribution in [3.63, 3.8) is 0 Å². The number of carbonyl (C=O) groups excluding carboxylic acids is 1. The van der Waals surface area contributed by atoms with Crippen LogP contribution < -0.4 is 0 Å². The fourth-order valence-electron chi connectivity index (χ4n) is 2.72. The van der Waals surface area contributed by atoms with Gasteiger partial charge in [-0.3, -0.25) is 15.1 Å². The monoisotopic (exact) mass is 301 g/mol. The zero-order chi connectivity index (χ0) is 16.1. The van der Waals surface area contributed by atoms with Gasteiger partial charge >= 0.3 is 0 Å². The second-order valence-electron chi connectivity index (χ2n) is 5.61. The molecule has 5 nitrogen and oxygen atoms in total. The number of benzene rings is 1. The average Bonchev–Trinajstić information content (AvgIpc) is 2.48. The molecular formula is C17H23N3O2. The molecule has 0 atom stereocenters. The highest BCUT2D eigenvalue weighted by Gasteiger charge is 2.24. The van der Waals surface area contributed by atoms with E-state index in [1.807, 2.05) is 23.1 Å². The molecule has 0 amide bonds. The molecule has 1 aromatic rings. The minimum Gasteiger partial charge on any atom is -0.512 e. The van der Waals surface area contributed by atoms with Gasteiger partial charge in [0.1, 0.15) is 11.6 Å². The second kappa shape index (κ2) is 7.22. The van der Waals surface area contributed by atoms with Gasteiger partial charge < -0.3 is 10.0 Å². The topological polar surface area (TPSA) is 67.6 Å². The van der Waals surface area contributed by atoms with E-state index in [9.17, 15) is 9.90 Å². The van der Waals surface area contributed by atoms with Gasteiger partial charge in [-0.25, -0.2) is 0 Å². The predicted octanol–water partition coefficient (Wildman–Crippen LogP) is 2.20. The summed E-state index contributed by atoms with van der Waals surface area (Å²) in [5.41, 5.74) is 1.40. The Morgan fingerprint density at radius 3 is 2.23 bits per heavy atom. The van der Waals surface area contributed by atoms with Crippen LogP contribution in [0.3, 0.4) is 0 Å². The molecule has 0 aliphatic carbocycles. The Kier molecular flexibility index (Phi) is 5.33. The number of rotatable bonds is 4.